The summed E-state index contributed by atoms with van der Waals surface area (Å²) in [5.74, 6) is -1.22. The summed E-state index contributed by atoms with van der Waals surface area (Å²) >= 11 is 0. The Balaban J connectivity index is 1.44. The number of aromatic amines is 1. The molecule has 0 aliphatic carbocycles. The Morgan fingerprint density at radius 2 is 1.71 bits per heavy atom. The normalized spacial score (nSPS) is 12.6. The number of benzene rings is 3. The van der Waals surface area contributed by atoms with Gasteiger partial charge in [0.15, 0.2) is 11.6 Å². The number of rotatable bonds is 12. The van der Waals surface area contributed by atoms with Crippen molar-refractivity contribution in [3.8, 4) is 17.2 Å². The van der Waals surface area contributed by atoms with E-state index in [2.05, 4.69) is 17.0 Å². The lowest BCUT2D eigenvalue weighted by atomic mass is 9.99. The molecule has 2 heterocycles. The number of fused-ring (bicyclic) bond motifs is 1. The van der Waals surface area contributed by atoms with Crippen LogP contribution in [0.2, 0.25) is 0 Å². The van der Waals surface area contributed by atoms with Crippen LogP contribution in [0.15, 0.2) is 66.9 Å². The van der Waals surface area contributed by atoms with Crippen molar-refractivity contribution in [2.24, 2.45) is 11.8 Å². The van der Waals surface area contributed by atoms with E-state index in [1.54, 1.807) is 48.5 Å². The topological polar surface area (TPSA) is 123 Å². The molecule has 2 atom stereocenters. The van der Waals surface area contributed by atoms with Crippen LogP contribution in [-0.2, 0) is 9.59 Å². The van der Waals surface area contributed by atoms with Gasteiger partial charge < -0.3 is 15.5 Å². The molecular weight excluding hydrogens is 609 g/mol. The number of para-hydroxylation sites is 1. The van der Waals surface area contributed by atoms with Gasteiger partial charge in [0.1, 0.15) is 11.6 Å². The third kappa shape index (κ3) is 6.74. The van der Waals surface area contributed by atoms with E-state index in [-0.39, 0.29) is 46.6 Å². The molecule has 5 rings (SSSR count). The Hall–Kier alpha value is -5.25. The Morgan fingerprint density at radius 3 is 2.40 bits per heavy atom. The lowest BCUT2D eigenvalue weighted by molar-refractivity contribution is -0.130. The third-order valence-electron chi connectivity index (χ3n) is 8.82. The van der Waals surface area contributed by atoms with Crippen LogP contribution in [0.25, 0.3) is 16.6 Å². The fourth-order valence-corrected chi connectivity index (χ4v) is 5.70. The molecule has 48 heavy (non-hydrogen) atoms. The van der Waals surface area contributed by atoms with Gasteiger partial charge in [-0.05, 0) is 86.3 Å². The summed E-state index contributed by atoms with van der Waals surface area (Å²) in [4.78, 5) is 45.5. The number of nitrogen functional groups attached to an aromatic ring is 1. The molecule has 9 nitrogen and oxygen atoms in total. The van der Waals surface area contributed by atoms with E-state index >= 15 is 0 Å². The van der Waals surface area contributed by atoms with Gasteiger partial charge >= 0.3 is 0 Å². The van der Waals surface area contributed by atoms with Crippen LogP contribution in [0, 0.1) is 31.5 Å². The van der Waals surface area contributed by atoms with Crippen LogP contribution < -0.4 is 15.4 Å². The predicted molar refractivity (Wildman–Crippen MR) is 186 cm³/mol. The highest BCUT2D eigenvalue weighted by Crippen LogP contribution is 2.32. The molecular formula is C38H42FN5O4. The standard InChI is InChI=1S/C38H42FN5O4/c1-7-9-12-23(4)38(47)43(37(46)22(3)8-2)33-20-30-26(17-24(33)5)19-31(42-30)35(45)28-21-41-44(36(28)40)32-16-15-27(18-25(32)6)48-34-14-11-10-13-29(34)39/h10-11,13-23,42H,7-9,12,40H2,1-6H3. The second-order valence-corrected chi connectivity index (χ2v) is 12.4. The highest BCUT2D eigenvalue weighted by Gasteiger charge is 2.31. The lowest BCUT2D eigenvalue weighted by Gasteiger charge is -2.28. The molecule has 0 saturated carbocycles. The van der Waals surface area contributed by atoms with Gasteiger partial charge in [-0.3, -0.25) is 14.4 Å². The van der Waals surface area contributed by atoms with Crippen molar-refractivity contribution in [3.63, 3.8) is 0 Å². The number of H-pyrrole nitrogens is 1. The summed E-state index contributed by atoms with van der Waals surface area (Å²) in [6, 6.07) is 16.7. The number of nitrogens with zero attached hydrogens (tertiary/aromatic N) is 3. The number of unbranched alkanes of at least 4 members (excludes halogenated alkanes) is 1. The molecule has 3 aromatic carbocycles. The quantitative estimate of drug-likeness (QED) is 0.131. The van der Waals surface area contributed by atoms with Crippen molar-refractivity contribution in [2.75, 3.05) is 10.6 Å². The number of anilines is 2. The van der Waals surface area contributed by atoms with Crippen molar-refractivity contribution in [1.29, 1.82) is 0 Å². The summed E-state index contributed by atoms with van der Waals surface area (Å²) < 4.78 is 21.3. The number of imide groups is 1. The molecule has 0 saturated heterocycles. The van der Waals surface area contributed by atoms with Crippen LogP contribution in [0.5, 0.6) is 11.5 Å². The van der Waals surface area contributed by atoms with Crippen LogP contribution in [0.1, 0.15) is 80.6 Å². The molecule has 0 radical (unpaired) electrons. The third-order valence-corrected chi connectivity index (χ3v) is 8.82. The maximum absolute atomic E-state index is 14.1. The number of aryl methyl sites for hydroxylation is 2. The van der Waals surface area contributed by atoms with Crippen LogP contribution in [-0.4, -0.2) is 32.4 Å². The first kappa shape index (κ1) is 34.1. The Labute approximate surface area is 279 Å². The number of amides is 2. The fraction of sp³-hybridized carbons (Fsp3) is 0.316. The maximum Gasteiger partial charge on any atom is 0.236 e. The van der Waals surface area contributed by atoms with Crippen LogP contribution >= 0.6 is 0 Å². The number of aromatic nitrogens is 3. The molecule has 0 spiro atoms. The number of ether oxygens (including phenoxy) is 1. The van der Waals surface area contributed by atoms with E-state index in [1.807, 2.05) is 40.7 Å². The number of nitrogens with two attached hydrogens (primary N) is 1. The Bertz CT molecular complexity index is 1990. The molecule has 10 heteroatoms. The SMILES string of the molecule is CCCCC(C)C(=O)N(C(=O)C(C)CC)c1cc2[nH]c(C(=O)c3cnn(-c4ccc(Oc5ccccc5F)cc4C)c3N)cc2cc1C. The smallest absolute Gasteiger partial charge is 0.236 e. The van der Waals surface area contributed by atoms with Gasteiger partial charge in [-0.25, -0.2) is 14.0 Å². The van der Waals surface area contributed by atoms with Gasteiger partial charge in [0.25, 0.3) is 0 Å². The van der Waals surface area contributed by atoms with Gasteiger partial charge in [-0.1, -0.05) is 52.7 Å². The average Bonchev–Trinajstić information content (AvgIpc) is 3.66. The van der Waals surface area contributed by atoms with Crippen molar-refractivity contribution in [3.05, 3.63) is 95.1 Å². The van der Waals surface area contributed by atoms with Crippen molar-refractivity contribution >= 4 is 40.0 Å². The lowest BCUT2D eigenvalue weighted by Crippen LogP contribution is -2.43. The van der Waals surface area contributed by atoms with Gasteiger partial charge in [0.2, 0.25) is 17.6 Å². The van der Waals surface area contributed by atoms with E-state index in [1.165, 1.54) is 21.8 Å². The van der Waals surface area contributed by atoms with E-state index in [4.69, 9.17) is 10.5 Å². The zero-order valence-corrected chi connectivity index (χ0v) is 28.3. The number of ketones is 1. The van der Waals surface area contributed by atoms with Crippen molar-refractivity contribution in [1.82, 2.24) is 14.8 Å². The number of carbonyl (C=O) groups is 3. The number of carbonyl (C=O) groups excluding carboxylic acids is 3. The number of halogens is 1. The van der Waals surface area contributed by atoms with Gasteiger partial charge in [-0.2, -0.15) is 5.10 Å². The second-order valence-electron chi connectivity index (χ2n) is 12.4. The maximum atomic E-state index is 14.1. The second kappa shape index (κ2) is 14.3. The first-order valence-corrected chi connectivity index (χ1v) is 16.4. The van der Waals surface area contributed by atoms with Gasteiger partial charge in [0.05, 0.1) is 28.8 Å². The van der Waals surface area contributed by atoms with E-state index < -0.39 is 5.82 Å². The molecule has 250 valence electrons. The van der Waals surface area contributed by atoms with Crippen LogP contribution in [0.4, 0.5) is 15.9 Å². The largest absolute Gasteiger partial charge is 0.454 e. The van der Waals surface area contributed by atoms with Gasteiger partial charge in [0, 0.05) is 22.7 Å². The predicted octanol–water partition coefficient (Wildman–Crippen LogP) is 8.45. The van der Waals surface area contributed by atoms with Crippen molar-refractivity contribution in [2.45, 2.75) is 67.2 Å². The van der Waals surface area contributed by atoms with E-state index in [9.17, 15) is 18.8 Å². The molecule has 2 aromatic heterocycles. The first-order valence-electron chi connectivity index (χ1n) is 16.4. The number of hydrogen-bond donors (Lipinski definition) is 2. The zero-order chi connectivity index (χ0) is 34.7. The molecule has 0 fully saturated rings. The highest BCUT2D eigenvalue weighted by molar-refractivity contribution is 6.18. The number of nitrogens with one attached hydrogen (secondary N) is 1. The minimum atomic E-state index is -0.468. The van der Waals surface area contributed by atoms with Crippen LogP contribution in [0.3, 0.4) is 0 Å². The minimum absolute atomic E-state index is 0.111. The van der Waals surface area contributed by atoms with E-state index in [0.717, 1.165) is 29.4 Å². The fourth-order valence-electron chi connectivity index (χ4n) is 5.70. The van der Waals surface area contributed by atoms with Gasteiger partial charge in [-0.15, -0.1) is 0 Å². The highest BCUT2D eigenvalue weighted by atomic mass is 19.1. The Kier molecular flexibility index (Phi) is 10.1. The summed E-state index contributed by atoms with van der Waals surface area (Å²) in [5, 5.41) is 5.16. The van der Waals surface area contributed by atoms with Crippen molar-refractivity contribution < 1.29 is 23.5 Å². The summed E-state index contributed by atoms with van der Waals surface area (Å²) in [7, 11) is 0. The average molecular weight is 652 g/mol. The molecule has 0 aliphatic rings. The molecule has 0 bridgehead atoms. The molecule has 5 aromatic rings. The summed E-state index contributed by atoms with van der Waals surface area (Å²) in [5.41, 5.74) is 10.2. The van der Waals surface area contributed by atoms with E-state index in [0.29, 0.717) is 41.2 Å². The molecule has 2 amide bonds. The molecule has 2 unspecified atom stereocenters. The first-order chi connectivity index (χ1) is 22.9. The summed E-state index contributed by atoms with van der Waals surface area (Å²) in [6.45, 7) is 11.4. The molecule has 0 aliphatic heterocycles. The molecule has 3 N–H and O–H groups in total. The Morgan fingerprint density at radius 1 is 0.979 bits per heavy atom. The summed E-state index contributed by atoms with van der Waals surface area (Å²) in [6.07, 6.45) is 4.58. The zero-order valence-electron chi connectivity index (χ0n) is 28.3. The minimum Gasteiger partial charge on any atom is -0.454 e. The number of hydrogen-bond acceptors (Lipinski definition) is 6. The monoisotopic (exact) mass is 651 g/mol.